The first-order valence-corrected chi connectivity index (χ1v) is 12.3. The molecule has 3 rings (SSSR count). The highest BCUT2D eigenvalue weighted by Crippen LogP contribution is 2.16. The lowest BCUT2D eigenvalue weighted by Gasteiger charge is -2.34. The maximum atomic E-state index is 5.99. The number of rotatable bonds is 10. The van der Waals surface area contributed by atoms with Crippen molar-refractivity contribution in [1.29, 1.82) is 0 Å². The smallest absolute Gasteiger partial charge is 0.194 e. The summed E-state index contributed by atoms with van der Waals surface area (Å²) in [6, 6.07) is 4.31. The number of halogens is 1. The quantitative estimate of drug-likeness (QED) is 0.200. The third-order valence-electron chi connectivity index (χ3n) is 6.29. The van der Waals surface area contributed by atoms with Crippen molar-refractivity contribution < 1.29 is 9.47 Å². The molecule has 188 valence electrons. The number of likely N-dealkylation sites (tertiary alicyclic amines) is 1. The van der Waals surface area contributed by atoms with Crippen LogP contribution in [0.5, 0.6) is 0 Å². The topological polar surface area (TPSA) is 65.5 Å². The van der Waals surface area contributed by atoms with Gasteiger partial charge in [0.1, 0.15) is 5.82 Å². The van der Waals surface area contributed by atoms with Gasteiger partial charge >= 0.3 is 0 Å². The van der Waals surface area contributed by atoms with Crippen LogP contribution in [0.25, 0.3) is 0 Å². The first-order valence-electron chi connectivity index (χ1n) is 12.3. The highest BCUT2D eigenvalue weighted by Gasteiger charge is 2.22. The molecule has 2 saturated heterocycles. The number of aromatic nitrogens is 1. The number of hydrogen-bond acceptors (Lipinski definition) is 6. The summed E-state index contributed by atoms with van der Waals surface area (Å²) < 4.78 is 11.1. The van der Waals surface area contributed by atoms with E-state index in [1.807, 2.05) is 6.20 Å². The molecular formula is C24H43IN6O2. The standard InChI is InChI=1S/C24H42N6O2.HI/c1-4-25-24(30-11-9-22(10-12-30)32-18-6-17-31-3)27-20-21-7-8-23(26-19-21)29-15-13-28(5-2)14-16-29;/h7-8,19,22H,4-6,9-18,20H2,1-3H3,(H,25,27);1H. The maximum Gasteiger partial charge on any atom is 0.194 e. The summed E-state index contributed by atoms with van der Waals surface area (Å²) in [7, 11) is 1.74. The highest BCUT2D eigenvalue weighted by atomic mass is 127. The van der Waals surface area contributed by atoms with E-state index in [1.165, 1.54) is 0 Å². The molecule has 1 aromatic rings. The summed E-state index contributed by atoms with van der Waals surface area (Å²) in [5.74, 6) is 2.07. The Kier molecular flexibility index (Phi) is 13.3. The van der Waals surface area contributed by atoms with Gasteiger partial charge in [-0.15, -0.1) is 24.0 Å². The fraction of sp³-hybridized carbons (Fsp3) is 0.750. The van der Waals surface area contributed by atoms with Crippen LogP contribution in [0.2, 0.25) is 0 Å². The first kappa shape index (κ1) is 28.1. The number of aliphatic imine (C=N–C) groups is 1. The number of ether oxygens (including phenoxy) is 2. The zero-order valence-electron chi connectivity index (χ0n) is 20.7. The summed E-state index contributed by atoms with van der Waals surface area (Å²) in [6.07, 6.45) is 5.37. The molecule has 2 aliphatic rings. The molecule has 0 atom stereocenters. The van der Waals surface area contributed by atoms with Crippen LogP contribution < -0.4 is 10.2 Å². The number of likely N-dealkylation sites (N-methyl/N-ethyl adjacent to an activating group) is 1. The molecule has 0 unspecified atom stereocenters. The number of anilines is 1. The lowest BCUT2D eigenvalue weighted by Crippen LogP contribution is -2.47. The first-order chi connectivity index (χ1) is 15.7. The van der Waals surface area contributed by atoms with E-state index >= 15 is 0 Å². The summed E-state index contributed by atoms with van der Waals surface area (Å²) in [4.78, 5) is 16.8. The van der Waals surface area contributed by atoms with E-state index in [0.29, 0.717) is 12.6 Å². The maximum absolute atomic E-state index is 5.99. The van der Waals surface area contributed by atoms with Gasteiger partial charge in [-0.3, -0.25) is 0 Å². The molecule has 0 spiro atoms. The fourth-order valence-electron chi connectivity index (χ4n) is 4.27. The van der Waals surface area contributed by atoms with E-state index in [0.717, 1.165) is 102 Å². The van der Waals surface area contributed by atoms with Crippen LogP contribution in [0.1, 0.15) is 38.7 Å². The molecule has 0 saturated carbocycles. The van der Waals surface area contributed by atoms with E-state index < -0.39 is 0 Å². The predicted octanol–water partition coefficient (Wildman–Crippen LogP) is 2.82. The van der Waals surface area contributed by atoms with Crippen LogP contribution >= 0.6 is 24.0 Å². The molecule has 0 bridgehead atoms. The Labute approximate surface area is 217 Å². The number of piperidine rings is 1. The molecule has 8 nitrogen and oxygen atoms in total. The molecule has 2 fully saturated rings. The summed E-state index contributed by atoms with van der Waals surface area (Å²) in [5.41, 5.74) is 1.15. The van der Waals surface area contributed by atoms with Crippen LogP contribution in [0.4, 0.5) is 5.82 Å². The lowest BCUT2D eigenvalue weighted by atomic mass is 10.1. The van der Waals surface area contributed by atoms with Crippen molar-refractivity contribution >= 4 is 35.8 Å². The van der Waals surface area contributed by atoms with E-state index in [9.17, 15) is 0 Å². The minimum absolute atomic E-state index is 0. The monoisotopic (exact) mass is 574 g/mol. The van der Waals surface area contributed by atoms with Crippen molar-refractivity contribution in [3.8, 4) is 0 Å². The number of hydrogen-bond donors (Lipinski definition) is 1. The van der Waals surface area contributed by atoms with Gasteiger partial charge in [0.05, 0.1) is 12.6 Å². The number of pyridine rings is 1. The molecule has 1 N–H and O–H groups in total. The van der Waals surface area contributed by atoms with Gasteiger partial charge in [-0.2, -0.15) is 0 Å². The number of guanidine groups is 1. The minimum Gasteiger partial charge on any atom is -0.385 e. The van der Waals surface area contributed by atoms with Gasteiger partial charge in [0.2, 0.25) is 0 Å². The minimum atomic E-state index is 0. The molecule has 3 heterocycles. The van der Waals surface area contributed by atoms with Gasteiger partial charge in [-0.25, -0.2) is 9.98 Å². The molecular weight excluding hydrogens is 531 g/mol. The van der Waals surface area contributed by atoms with Gasteiger partial charge < -0.3 is 29.5 Å². The van der Waals surface area contributed by atoms with Crippen molar-refractivity contribution in [1.82, 2.24) is 20.1 Å². The molecule has 1 aromatic heterocycles. The predicted molar refractivity (Wildman–Crippen MR) is 146 cm³/mol. The van der Waals surface area contributed by atoms with E-state index in [-0.39, 0.29) is 24.0 Å². The summed E-state index contributed by atoms with van der Waals surface area (Å²) in [6.45, 7) is 14.8. The Morgan fingerprint density at radius 3 is 2.45 bits per heavy atom. The average molecular weight is 575 g/mol. The molecule has 2 aliphatic heterocycles. The SMILES string of the molecule is CCNC(=NCc1ccc(N2CCN(CC)CC2)nc1)N1CCC(OCCCOC)CC1.I. The number of nitrogens with zero attached hydrogens (tertiary/aromatic N) is 5. The van der Waals surface area contributed by atoms with Gasteiger partial charge in [0, 0.05) is 72.3 Å². The molecule has 0 amide bonds. The normalized spacial score (nSPS) is 18.3. The zero-order chi connectivity index (χ0) is 22.6. The Morgan fingerprint density at radius 2 is 1.85 bits per heavy atom. The van der Waals surface area contributed by atoms with Gasteiger partial charge in [0.25, 0.3) is 0 Å². The number of piperazine rings is 1. The van der Waals surface area contributed by atoms with Crippen molar-refractivity contribution in [2.45, 2.75) is 45.8 Å². The van der Waals surface area contributed by atoms with E-state index in [1.54, 1.807) is 7.11 Å². The van der Waals surface area contributed by atoms with Crippen LogP contribution in [0.15, 0.2) is 23.3 Å². The Balaban J connectivity index is 0.00000385. The Hall–Kier alpha value is -1.17. The second kappa shape index (κ2) is 15.7. The van der Waals surface area contributed by atoms with Crippen molar-refractivity contribution in [3.63, 3.8) is 0 Å². The number of nitrogens with one attached hydrogen (secondary N) is 1. The molecule has 9 heteroatoms. The second-order valence-corrected chi connectivity index (χ2v) is 8.52. The molecule has 0 radical (unpaired) electrons. The zero-order valence-corrected chi connectivity index (χ0v) is 23.0. The summed E-state index contributed by atoms with van der Waals surface area (Å²) in [5, 5.41) is 3.46. The van der Waals surface area contributed by atoms with Crippen molar-refractivity contribution in [3.05, 3.63) is 23.9 Å². The van der Waals surface area contributed by atoms with Crippen molar-refractivity contribution in [2.24, 2.45) is 4.99 Å². The van der Waals surface area contributed by atoms with E-state index in [4.69, 9.17) is 19.5 Å². The molecule has 33 heavy (non-hydrogen) atoms. The van der Waals surface area contributed by atoms with Gasteiger partial charge in [0.15, 0.2) is 5.96 Å². The lowest BCUT2D eigenvalue weighted by molar-refractivity contribution is 0.00990. The second-order valence-electron chi connectivity index (χ2n) is 8.52. The summed E-state index contributed by atoms with van der Waals surface area (Å²) >= 11 is 0. The van der Waals surface area contributed by atoms with Crippen molar-refractivity contribution in [2.75, 3.05) is 77.6 Å². The van der Waals surface area contributed by atoms with Crippen LogP contribution in [-0.4, -0.2) is 99.5 Å². The largest absolute Gasteiger partial charge is 0.385 e. The van der Waals surface area contributed by atoms with E-state index in [2.05, 4.69) is 46.0 Å². The van der Waals surface area contributed by atoms with Gasteiger partial charge in [-0.1, -0.05) is 13.0 Å². The average Bonchev–Trinajstić information content (AvgIpc) is 2.85. The third-order valence-corrected chi connectivity index (χ3v) is 6.29. The molecule has 0 aliphatic carbocycles. The van der Waals surface area contributed by atoms with Crippen LogP contribution in [0.3, 0.4) is 0 Å². The molecule has 0 aromatic carbocycles. The Morgan fingerprint density at radius 1 is 1.09 bits per heavy atom. The van der Waals surface area contributed by atoms with Crippen LogP contribution in [-0.2, 0) is 16.0 Å². The van der Waals surface area contributed by atoms with Crippen LogP contribution in [0, 0.1) is 0 Å². The highest BCUT2D eigenvalue weighted by molar-refractivity contribution is 14.0. The number of methoxy groups -OCH3 is 1. The fourth-order valence-corrected chi connectivity index (χ4v) is 4.27. The third kappa shape index (κ3) is 9.18. The van der Waals surface area contributed by atoms with Gasteiger partial charge in [-0.05, 0) is 44.4 Å². The Bertz CT molecular complexity index is 674.